The van der Waals surface area contributed by atoms with Crippen molar-refractivity contribution in [3.05, 3.63) is 52.7 Å². The van der Waals surface area contributed by atoms with Gasteiger partial charge in [-0.1, -0.05) is 36.6 Å². The highest BCUT2D eigenvalue weighted by Gasteiger charge is 2.28. The highest BCUT2D eigenvalue weighted by atomic mass is 35.5. The van der Waals surface area contributed by atoms with E-state index in [2.05, 4.69) is 9.88 Å². The minimum Gasteiger partial charge on any atom is -0.445 e. The zero-order valence-corrected chi connectivity index (χ0v) is 17.7. The van der Waals surface area contributed by atoms with E-state index in [0.29, 0.717) is 19.5 Å². The van der Waals surface area contributed by atoms with Gasteiger partial charge in [0.05, 0.1) is 18.7 Å². The zero-order valence-electron chi connectivity index (χ0n) is 17.0. The third-order valence-electron chi connectivity index (χ3n) is 6.02. The predicted molar refractivity (Wildman–Crippen MR) is 114 cm³/mol. The molecule has 0 N–H and O–H groups in total. The van der Waals surface area contributed by atoms with E-state index in [1.165, 1.54) is 25.7 Å². The van der Waals surface area contributed by atoms with E-state index in [4.69, 9.17) is 16.0 Å². The van der Waals surface area contributed by atoms with Crippen molar-refractivity contribution in [2.75, 3.05) is 32.7 Å². The molecule has 2 aliphatic rings. The van der Waals surface area contributed by atoms with Crippen LogP contribution in [0, 0.1) is 0 Å². The van der Waals surface area contributed by atoms with Crippen molar-refractivity contribution < 1.29 is 9.21 Å². The number of rotatable bonds is 5. The Kier molecular flexibility index (Phi) is 6.88. The third-order valence-corrected chi connectivity index (χ3v) is 6.25. The van der Waals surface area contributed by atoms with E-state index in [0.717, 1.165) is 54.7 Å². The van der Waals surface area contributed by atoms with Gasteiger partial charge in [-0.25, -0.2) is 4.98 Å². The molecule has 0 spiro atoms. The van der Waals surface area contributed by atoms with Gasteiger partial charge in [-0.3, -0.25) is 9.69 Å². The molecule has 1 amide bonds. The summed E-state index contributed by atoms with van der Waals surface area (Å²) in [5, 5.41) is 0.730. The maximum Gasteiger partial charge on any atom is 0.236 e. The van der Waals surface area contributed by atoms with Gasteiger partial charge in [0, 0.05) is 24.5 Å². The molecule has 29 heavy (non-hydrogen) atoms. The number of nitrogens with zero attached hydrogens (tertiary/aromatic N) is 3. The molecule has 1 aromatic carbocycles. The number of benzene rings is 1. The number of halogens is 1. The molecule has 6 heteroatoms. The Bertz CT molecular complexity index is 814. The van der Waals surface area contributed by atoms with E-state index in [-0.39, 0.29) is 11.8 Å². The lowest BCUT2D eigenvalue weighted by Crippen LogP contribution is -2.44. The van der Waals surface area contributed by atoms with Gasteiger partial charge in [0.2, 0.25) is 5.91 Å². The first-order valence-corrected chi connectivity index (χ1v) is 11.2. The molecule has 0 saturated carbocycles. The van der Waals surface area contributed by atoms with Crippen LogP contribution in [0.2, 0.25) is 5.02 Å². The van der Waals surface area contributed by atoms with Crippen LogP contribution in [0.3, 0.4) is 0 Å². The van der Waals surface area contributed by atoms with Crippen LogP contribution in [0.4, 0.5) is 0 Å². The summed E-state index contributed by atoms with van der Waals surface area (Å²) in [6, 6.07) is 7.81. The molecular weight excluding hydrogens is 386 g/mol. The van der Waals surface area contributed by atoms with E-state index < -0.39 is 0 Å². The molecular formula is C23H30ClN3O2. The largest absolute Gasteiger partial charge is 0.445 e. The normalized spacial score (nSPS) is 21.1. The average Bonchev–Trinajstić information content (AvgIpc) is 3.03. The first-order valence-electron chi connectivity index (χ1n) is 10.9. The summed E-state index contributed by atoms with van der Waals surface area (Å²) in [6.07, 6.45) is 9.51. The lowest BCUT2D eigenvalue weighted by atomic mass is 9.98. The SMILES string of the molecule is O=C(CN1CCCCCC1)N1CCC[C@H](c2ncc(Cc3cccc(Cl)c3)o2)C1. The molecule has 1 atom stereocenters. The van der Waals surface area contributed by atoms with Gasteiger partial charge in [0.15, 0.2) is 5.89 Å². The Labute approximate surface area is 178 Å². The monoisotopic (exact) mass is 415 g/mol. The number of likely N-dealkylation sites (tertiary alicyclic amines) is 2. The number of amides is 1. The van der Waals surface area contributed by atoms with Crippen LogP contribution < -0.4 is 0 Å². The fraction of sp³-hybridized carbons (Fsp3) is 0.565. The summed E-state index contributed by atoms with van der Waals surface area (Å²) >= 11 is 6.08. The number of hydrogen-bond donors (Lipinski definition) is 0. The second-order valence-corrected chi connectivity index (χ2v) is 8.78. The van der Waals surface area contributed by atoms with E-state index in [1.807, 2.05) is 35.4 Å². The molecule has 1 aromatic heterocycles. The van der Waals surface area contributed by atoms with Crippen LogP contribution >= 0.6 is 11.6 Å². The maximum atomic E-state index is 12.9. The third kappa shape index (κ3) is 5.61. The van der Waals surface area contributed by atoms with Crippen molar-refractivity contribution in [3.63, 3.8) is 0 Å². The summed E-state index contributed by atoms with van der Waals surface area (Å²) in [5.74, 6) is 2.04. The predicted octanol–water partition coefficient (Wildman–Crippen LogP) is 4.50. The first kappa shape index (κ1) is 20.4. The topological polar surface area (TPSA) is 49.6 Å². The number of carbonyl (C=O) groups excluding carboxylic acids is 1. The van der Waals surface area contributed by atoms with Crippen LogP contribution in [0.25, 0.3) is 0 Å². The molecule has 2 aliphatic heterocycles. The van der Waals surface area contributed by atoms with Crippen molar-refractivity contribution in [2.24, 2.45) is 0 Å². The van der Waals surface area contributed by atoms with Gasteiger partial charge in [-0.05, 0) is 56.5 Å². The zero-order chi connectivity index (χ0) is 20.1. The van der Waals surface area contributed by atoms with Crippen LogP contribution in [-0.2, 0) is 11.2 Å². The molecule has 5 nitrogen and oxygen atoms in total. The number of oxazole rings is 1. The summed E-state index contributed by atoms with van der Waals surface area (Å²) in [6.45, 7) is 4.21. The number of hydrogen-bond acceptors (Lipinski definition) is 4. The molecule has 0 aliphatic carbocycles. The number of aromatic nitrogens is 1. The fourth-order valence-electron chi connectivity index (χ4n) is 4.43. The minimum absolute atomic E-state index is 0.185. The van der Waals surface area contributed by atoms with Crippen LogP contribution in [-0.4, -0.2) is 53.4 Å². The molecule has 0 bridgehead atoms. The van der Waals surface area contributed by atoms with Gasteiger partial charge in [-0.2, -0.15) is 0 Å². The summed E-state index contributed by atoms with van der Waals surface area (Å²) in [7, 11) is 0. The summed E-state index contributed by atoms with van der Waals surface area (Å²) in [4.78, 5) is 21.7. The number of piperidine rings is 1. The molecule has 156 valence electrons. The first-order chi connectivity index (χ1) is 14.2. The van der Waals surface area contributed by atoms with Crippen molar-refractivity contribution in [1.82, 2.24) is 14.8 Å². The van der Waals surface area contributed by atoms with Crippen molar-refractivity contribution in [3.8, 4) is 0 Å². The second-order valence-electron chi connectivity index (χ2n) is 8.34. The van der Waals surface area contributed by atoms with E-state index in [1.54, 1.807) is 0 Å². The molecule has 2 saturated heterocycles. The van der Waals surface area contributed by atoms with E-state index in [9.17, 15) is 4.79 Å². The summed E-state index contributed by atoms with van der Waals surface area (Å²) < 4.78 is 6.06. The molecule has 2 fully saturated rings. The van der Waals surface area contributed by atoms with Crippen LogP contribution in [0.1, 0.15) is 61.7 Å². The Morgan fingerprint density at radius 1 is 1.14 bits per heavy atom. The van der Waals surface area contributed by atoms with Crippen molar-refractivity contribution in [2.45, 2.75) is 50.9 Å². The minimum atomic E-state index is 0.185. The lowest BCUT2D eigenvalue weighted by Gasteiger charge is -2.33. The highest BCUT2D eigenvalue weighted by molar-refractivity contribution is 6.30. The Morgan fingerprint density at radius 3 is 2.76 bits per heavy atom. The molecule has 0 unspecified atom stereocenters. The quantitative estimate of drug-likeness (QED) is 0.721. The lowest BCUT2D eigenvalue weighted by molar-refractivity contribution is -0.133. The Hall–Kier alpha value is -1.85. The number of carbonyl (C=O) groups is 1. The van der Waals surface area contributed by atoms with Crippen molar-refractivity contribution >= 4 is 17.5 Å². The Morgan fingerprint density at radius 2 is 1.97 bits per heavy atom. The van der Waals surface area contributed by atoms with Crippen LogP contribution in [0.15, 0.2) is 34.9 Å². The van der Waals surface area contributed by atoms with Gasteiger partial charge in [-0.15, -0.1) is 0 Å². The molecule has 4 rings (SSSR count). The molecule has 0 radical (unpaired) electrons. The van der Waals surface area contributed by atoms with Gasteiger partial charge < -0.3 is 9.32 Å². The smallest absolute Gasteiger partial charge is 0.236 e. The summed E-state index contributed by atoms with van der Waals surface area (Å²) in [5.41, 5.74) is 1.11. The Balaban J connectivity index is 1.34. The van der Waals surface area contributed by atoms with Crippen molar-refractivity contribution in [1.29, 1.82) is 0 Å². The van der Waals surface area contributed by atoms with Gasteiger partial charge in [0.1, 0.15) is 5.76 Å². The molecule has 3 heterocycles. The van der Waals surface area contributed by atoms with Gasteiger partial charge in [0.25, 0.3) is 0 Å². The van der Waals surface area contributed by atoms with Crippen LogP contribution in [0.5, 0.6) is 0 Å². The fourth-order valence-corrected chi connectivity index (χ4v) is 4.64. The average molecular weight is 416 g/mol. The van der Waals surface area contributed by atoms with Gasteiger partial charge >= 0.3 is 0 Å². The highest BCUT2D eigenvalue weighted by Crippen LogP contribution is 2.27. The maximum absolute atomic E-state index is 12.9. The molecule has 2 aromatic rings. The second kappa shape index (κ2) is 9.77. The van der Waals surface area contributed by atoms with E-state index >= 15 is 0 Å². The standard InChI is InChI=1S/C23H30ClN3O2/c24-20-9-5-7-18(13-20)14-21-15-25-23(29-21)19-8-6-12-27(16-19)22(28)17-26-10-3-1-2-4-11-26/h5,7,9,13,15,19H,1-4,6,8,10-12,14,16-17H2/t19-/m0/s1.